The van der Waals surface area contributed by atoms with Crippen LogP contribution in [0.25, 0.3) is 0 Å². The van der Waals surface area contributed by atoms with E-state index in [-0.39, 0.29) is 11.3 Å². The molecule has 1 aromatic rings. The predicted octanol–water partition coefficient (Wildman–Crippen LogP) is 5.69. The first kappa shape index (κ1) is 20.9. The molecule has 2 atom stereocenters. The van der Waals surface area contributed by atoms with Crippen LogP contribution in [0.15, 0.2) is 6.07 Å². The monoisotopic (exact) mass is 386 g/mol. The molecule has 4 heteroatoms. The Hall–Kier alpha value is -1.84. The van der Waals surface area contributed by atoms with Gasteiger partial charge in [-0.1, -0.05) is 41.0 Å². The van der Waals surface area contributed by atoms with Crippen LogP contribution < -0.4 is 9.47 Å². The third-order valence-electron chi connectivity index (χ3n) is 7.00. The first-order chi connectivity index (χ1) is 13.0. The largest absolute Gasteiger partial charge is 0.423 e. The molecule has 2 aliphatic rings. The molecule has 3 rings (SSSR count). The topological polar surface area (TPSA) is 52.6 Å². The van der Waals surface area contributed by atoms with Crippen molar-refractivity contribution in [2.24, 2.45) is 11.3 Å². The van der Waals surface area contributed by atoms with Gasteiger partial charge in [0, 0.05) is 19.4 Å². The molecule has 1 saturated carbocycles. The number of esters is 2. The highest BCUT2D eigenvalue weighted by atomic mass is 16.6. The maximum atomic E-state index is 11.8. The lowest BCUT2D eigenvalue weighted by atomic mass is 9.50. The second-order valence-corrected chi connectivity index (χ2v) is 9.84. The Morgan fingerprint density at radius 3 is 2.29 bits per heavy atom. The number of fused-ring (bicyclic) bond motifs is 3. The fraction of sp³-hybridized carbons (Fsp3) is 0.667. The van der Waals surface area contributed by atoms with E-state index in [0.29, 0.717) is 22.8 Å². The van der Waals surface area contributed by atoms with Gasteiger partial charge in [-0.05, 0) is 65.5 Å². The first-order valence-electron chi connectivity index (χ1n) is 10.5. The Morgan fingerprint density at radius 1 is 1.07 bits per heavy atom. The molecule has 0 heterocycles. The Kier molecular flexibility index (Phi) is 5.37. The molecule has 1 fully saturated rings. The number of carbonyl (C=O) groups is 2. The summed E-state index contributed by atoms with van der Waals surface area (Å²) >= 11 is 0. The number of carbonyl (C=O) groups excluding carboxylic acids is 2. The molecular formula is C24H34O4. The SMILES string of the molecule is CC(=O)Oc1cc2c(c(C(C)C)c1OC(C)=O)CC[C@H]1C(C)(C)CCC[C@]21C. The van der Waals surface area contributed by atoms with Crippen LogP contribution in [-0.4, -0.2) is 11.9 Å². The van der Waals surface area contributed by atoms with Gasteiger partial charge in [0.05, 0.1) is 0 Å². The molecule has 4 nitrogen and oxygen atoms in total. The van der Waals surface area contributed by atoms with E-state index >= 15 is 0 Å². The van der Waals surface area contributed by atoms with Crippen LogP contribution >= 0.6 is 0 Å². The average molecular weight is 387 g/mol. The van der Waals surface area contributed by atoms with Crippen molar-refractivity contribution in [2.75, 3.05) is 0 Å². The fourth-order valence-corrected chi connectivity index (χ4v) is 6.01. The highest BCUT2D eigenvalue weighted by Crippen LogP contribution is 2.59. The Labute approximate surface area is 169 Å². The quantitative estimate of drug-likeness (QED) is 0.494. The second-order valence-electron chi connectivity index (χ2n) is 9.84. The van der Waals surface area contributed by atoms with Crippen LogP contribution in [0.4, 0.5) is 0 Å². The van der Waals surface area contributed by atoms with Crippen molar-refractivity contribution in [2.45, 2.75) is 91.9 Å². The molecular weight excluding hydrogens is 352 g/mol. The normalized spacial score (nSPS) is 25.6. The molecule has 2 aliphatic carbocycles. The van der Waals surface area contributed by atoms with E-state index in [9.17, 15) is 9.59 Å². The van der Waals surface area contributed by atoms with E-state index in [1.807, 2.05) is 6.07 Å². The highest BCUT2D eigenvalue weighted by molar-refractivity contribution is 5.76. The summed E-state index contributed by atoms with van der Waals surface area (Å²) in [5, 5.41) is 0. The maximum Gasteiger partial charge on any atom is 0.308 e. The van der Waals surface area contributed by atoms with Crippen LogP contribution in [0.5, 0.6) is 11.5 Å². The van der Waals surface area contributed by atoms with Gasteiger partial charge in [-0.2, -0.15) is 0 Å². The molecule has 0 bridgehead atoms. The van der Waals surface area contributed by atoms with Crippen LogP contribution in [0.2, 0.25) is 0 Å². The lowest BCUT2D eigenvalue weighted by molar-refractivity contribution is -0.134. The summed E-state index contributed by atoms with van der Waals surface area (Å²) in [7, 11) is 0. The van der Waals surface area contributed by atoms with Gasteiger partial charge >= 0.3 is 11.9 Å². The molecule has 28 heavy (non-hydrogen) atoms. The first-order valence-corrected chi connectivity index (χ1v) is 10.5. The molecule has 0 aliphatic heterocycles. The highest BCUT2D eigenvalue weighted by Gasteiger charge is 2.50. The van der Waals surface area contributed by atoms with E-state index in [1.165, 1.54) is 37.8 Å². The van der Waals surface area contributed by atoms with Crippen molar-refractivity contribution in [1.29, 1.82) is 0 Å². The zero-order valence-corrected chi connectivity index (χ0v) is 18.4. The molecule has 0 unspecified atom stereocenters. The summed E-state index contributed by atoms with van der Waals surface area (Å²) in [4.78, 5) is 23.6. The zero-order valence-electron chi connectivity index (χ0n) is 18.4. The van der Waals surface area contributed by atoms with Gasteiger partial charge in [0.15, 0.2) is 11.5 Å². The molecule has 1 aromatic carbocycles. The summed E-state index contributed by atoms with van der Waals surface area (Å²) < 4.78 is 11.2. The Bertz CT molecular complexity index is 805. The van der Waals surface area contributed by atoms with Crippen molar-refractivity contribution >= 4 is 11.9 Å². The minimum Gasteiger partial charge on any atom is -0.423 e. The van der Waals surface area contributed by atoms with E-state index < -0.39 is 11.9 Å². The van der Waals surface area contributed by atoms with E-state index in [1.54, 1.807) is 0 Å². The van der Waals surface area contributed by atoms with E-state index in [2.05, 4.69) is 34.6 Å². The summed E-state index contributed by atoms with van der Waals surface area (Å²) in [5.41, 5.74) is 3.93. The van der Waals surface area contributed by atoms with Crippen molar-refractivity contribution < 1.29 is 19.1 Å². The number of hydrogen-bond donors (Lipinski definition) is 0. The standard InChI is InChI=1S/C24H34O4/c1-14(2)21-17-9-10-20-23(5,6)11-8-12-24(20,7)18(17)13-19(27-15(3)25)22(21)28-16(4)26/h13-14,20H,8-12H2,1-7H3/t20-,24+/m0/s1. The maximum absolute atomic E-state index is 11.8. The lowest BCUT2D eigenvalue weighted by Gasteiger charge is -2.55. The molecule has 0 spiro atoms. The van der Waals surface area contributed by atoms with Crippen molar-refractivity contribution in [1.82, 2.24) is 0 Å². The molecule has 0 amide bonds. The number of hydrogen-bond acceptors (Lipinski definition) is 4. The van der Waals surface area contributed by atoms with Gasteiger partial charge in [0.1, 0.15) is 0 Å². The van der Waals surface area contributed by atoms with Gasteiger partial charge in [-0.25, -0.2) is 0 Å². The Balaban J connectivity index is 2.28. The van der Waals surface area contributed by atoms with Crippen molar-refractivity contribution in [3.63, 3.8) is 0 Å². The lowest BCUT2D eigenvalue weighted by Crippen LogP contribution is -2.48. The van der Waals surface area contributed by atoms with E-state index in [0.717, 1.165) is 24.8 Å². The fourth-order valence-electron chi connectivity index (χ4n) is 6.01. The number of ether oxygens (including phenoxy) is 2. The third kappa shape index (κ3) is 3.46. The molecule has 0 saturated heterocycles. The van der Waals surface area contributed by atoms with Gasteiger partial charge in [-0.15, -0.1) is 0 Å². The van der Waals surface area contributed by atoms with Gasteiger partial charge in [0.25, 0.3) is 0 Å². The summed E-state index contributed by atoms with van der Waals surface area (Å²) in [5.74, 6) is 0.767. The van der Waals surface area contributed by atoms with Crippen LogP contribution in [0, 0.1) is 11.3 Å². The number of rotatable bonds is 3. The number of benzene rings is 1. The summed E-state index contributed by atoms with van der Waals surface area (Å²) in [6.07, 6.45) is 5.70. The van der Waals surface area contributed by atoms with Crippen LogP contribution in [0.3, 0.4) is 0 Å². The second kappa shape index (κ2) is 7.20. The van der Waals surface area contributed by atoms with Gasteiger partial charge < -0.3 is 9.47 Å². The smallest absolute Gasteiger partial charge is 0.308 e. The minimum atomic E-state index is -0.399. The average Bonchev–Trinajstić information content (AvgIpc) is 2.53. The predicted molar refractivity (Wildman–Crippen MR) is 110 cm³/mol. The Morgan fingerprint density at radius 2 is 1.71 bits per heavy atom. The molecule has 154 valence electrons. The van der Waals surface area contributed by atoms with E-state index in [4.69, 9.17) is 9.47 Å². The van der Waals surface area contributed by atoms with Crippen LogP contribution in [-0.2, 0) is 21.4 Å². The zero-order chi connectivity index (χ0) is 20.9. The minimum absolute atomic E-state index is 0.0443. The van der Waals surface area contributed by atoms with Gasteiger partial charge in [-0.3, -0.25) is 9.59 Å². The third-order valence-corrected chi connectivity index (χ3v) is 7.00. The van der Waals surface area contributed by atoms with Crippen LogP contribution in [0.1, 0.15) is 96.8 Å². The van der Waals surface area contributed by atoms with Gasteiger partial charge in [0.2, 0.25) is 0 Å². The summed E-state index contributed by atoms with van der Waals surface area (Å²) in [6.45, 7) is 14.2. The summed E-state index contributed by atoms with van der Waals surface area (Å²) in [6, 6.07) is 1.99. The molecule has 0 N–H and O–H groups in total. The van der Waals surface area contributed by atoms with Crippen molar-refractivity contribution in [3.8, 4) is 11.5 Å². The molecule has 0 aromatic heterocycles. The van der Waals surface area contributed by atoms with Crippen molar-refractivity contribution in [3.05, 3.63) is 22.8 Å². The molecule has 0 radical (unpaired) electrons.